The summed E-state index contributed by atoms with van der Waals surface area (Å²) in [4.78, 5) is 26.6. The zero-order valence-electron chi connectivity index (χ0n) is 13.4. The summed E-state index contributed by atoms with van der Waals surface area (Å²) < 4.78 is 5.55. The van der Waals surface area contributed by atoms with Crippen molar-refractivity contribution in [2.45, 2.75) is 59.0 Å². The van der Waals surface area contributed by atoms with Crippen LogP contribution in [-0.4, -0.2) is 28.8 Å². The predicted octanol–water partition coefficient (Wildman–Crippen LogP) is 2.47. The van der Waals surface area contributed by atoms with Crippen LogP contribution in [0.15, 0.2) is 10.5 Å². The van der Waals surface area contributed by atoms with Gasteiger partial charge in [0.1, 0.15) is 23.6 Å². The van der Waals surface area contributed by atoms with Gasteiger partial charge in [0.05, 0.1) is 6.04 Å². The largest absolute Gasteiger partial charge is 0.466 e. The van der Waals surface area contributed by atoms with Gasteiger partial charge >= 0.3 is 0 Å². The van der Waals surface area contributed by atoms with Crippen molar-refractivity contribution in [3.05, 3.63) is 23.2 Å². The molecular weight excluding hydrogens is 268 g/mol. The molecule has 1 aliphatic heterocycles. The van der Waals surface area contributed by atoms with E-state index in [-0.39, 0.29) is 24.4 Å². The number of hydrogen-bond donors (Lipinski definition) is 1. The highest BCUT2D eigenvalue weighted by atomic mass is 16.3. The van der Waals surface area contributed by atoms with Crippen molar-refractivity contribution in [2.24, 2.45) is 0 Å². The molecule has 1 N–H and O–H groups in total. The molecule has 21 heavy (non-hydrogen) atoms. The first-order valence-electron chi connectivity index (χ1n) is 7.53. The molecule has 2 amide bonds. The molecule has 1 aromatic heterocycles. The molecule has 5 heteroatoms. The number of rotatable bonds is 4. The molecule has 1 aromatic rings. The van der Waals surface area contributed by atoms with Crippen molar-refractivity contribution in [1.82, 2.24) is 10.2 Å². The van der Waals surface area contributed by atoms with Gasteiger partial charge in [-0.15, -0.1) is 0 Å². The average molecular weight is 292 g/mol. The van der Waals surface area contributed by atoms with Crippen LogP contribution in [0.2, 0.25) is 0 Å². The zero-order chi connectivity index (χ0) is 15.8. The number of furan rings is 1. The molecule has 0 bridgehead atoms. The average Bonchev–Trinajstić information content (AvgIpc) is 2.79. The number of amides is 2. The smallest absolute Gasteiger partial charge is 0.249 e. The van der Waals surface area contributed by atoms with E-state index < -0.39 is 5.54 Å². The topological polar surface area (TPSA) is 62.6 Å². The quantitative estimate of drug-likeness (QED) is 0.927. The normalized spacial score (nSPS) is 19.6. The van der Waals surface area contributed by atoms with Crippen molar-refractivity contribution in [3.63, 3.8) is 0 Å². The highest BCUT2D eigenvalue weighted by Crippen LogP contribution is 2.31. The van der Waals surface area contributed by atoms with Crippen LogP contribution in [-0.2, 0) is 9.59 Å². The Morgan fingerprint density at radius 2 is 1.95 bits per heavy atom. The second-order valence-corrected chi connectivity index (χ2v) is 5.81. The molecule has 0 aromatic carbocycles. The summed E-state index contributed by atoms with van der Waals surface area (Å²) in [5, 5.41) is 2.88. The summed E-state index contributed by atoms with van der Waals surface area (Å²) >= 11 is 0. The van der Waals surface area contributed by atoms with E-state index in [4.69, 9.17) is 4.42 Å². The van der Waals surface area contributed by atoms with Crippen LogP contribution in [0.1, 0.15) is 56.7 Å². The van der Waals surface area contributed by atoms with E-state index in [1.807, 2.05) is 40.7 Å². The Kier molecular flexibility index (Phi) is 4.12. The minimum atomic E-state index is -0.768. The Morgan fingerprint density at radius 1 is 1.33 bits per heavy atom. The summed E-state index contributed by atoms with van der Waals surface area (Å²) in [5.74, 6) is 1.53. The van der Waals surface area contributed by atoms with E-state index in [0.717, 1.165) is 17.1 Å². The van der Waals surface area contributed by atoms with Gasteiger partial charge in [-0.2, -0.15) is 0 Å². The number of carbonyl (C=O) groups is 2. The SMILES string of the molecule is CCC1(CC)NC(=O)CN(C(C)c2cc(C)oc2C)C1=O. The molecule has 1 saturated heterocycles. The van der Waals surface area contributed by atoms with Crippen molar-refractivity contribution in [1.29, 1.82) is 0 Å². The molecule has 2 rings (SSSR count). The van der Waals surface area contributed by atoms with E-state index >= 15 is 0 Å². The number of piperazine rings is 1. The molecule has 2 heterocycles. The maximum atomic E-state index is 12.9. The molecular formula is C16H24N2O3. The monoisotopic (exact) mass is 292 g/mol. The van der Waals surface area contributed by atoms with Crippen LogP contribution < -0.4 is 5.32 Å². The third-order valence-electron chi connectivity index (χ3n) is 4.57. The minimum absolute atomic E-state index is 0.00199. The molecule has 1 fully saturated rings. The lowest BCUT2D eigenvalue weighted by Crippen LogP contribution is -2.66. The molecule has 5 nitrogen and oxygen atoms in total. The first-order valence-corrected chi connectivity index (χ1v) is 7.53. The van der Waals surface area contributed by atoms with Crippen molar-refractivity contribution < 1.29 is 14.0 Å². The van der Waals surface area contributed by atoms with Gasteiger partial charge in [0.15, 0.2) is 0 Å². The first kappa shape index (κ1) is 15.6. The number of hydrogen-bond acceptors (Lipinski definition) is 3. The van der Waals surface area contributed by atoms with E-state index in [1.165, 1.54) is 0 Å². The summed E-state index contributed by atoms with van der Waals surface area (Å²) in [6.45, 7) is 9.69. The Hall–Kier alpha value is -1.78. The van der Waals surface area contributed by atoms with E-state index in [9.17, 15) is 9.59 Å². The van der Waals surface area contributed by atoms with Gasteiger partial charge in [-0.05, 0) is 39.7 Å². The lowest BCUT2D eigenvalue weighted by atomic mass is 9.87. The fourth-order valence-electron chi connectivity index (χ4n) is 3.14. The summed E-state index contributed by atoms with van der Waals surface area (Å²) in [7, 11) is 0. The molecule has 0 aliphatic carbocycles. The third-order valence-corrected chi connectivity index (χ3v) is 4.57. The van der Waals surface area contributed by atoms with Crippen LogP contribution in [0.5, 0.6) is 0 Å². The van der Waals surface area contributed by atoms with Crippen molar-refractivity contribution in [2.75, 3.05) is 6.54 Å². The van der Waals surface area contributed by atoms with Crippen LogP contribution >= 0.6 is 0 Å². The second-order valence-electron chi connectivity index (χ2n) is 5.81. The van der Waals surface area contributed by atoms with Gasteiger partial charge < -0.3 is 14.6 Å². The van der Waals surface area contributed by atoms with Crippen LogP contribution in [0.4, 0.5) is 0 Å². The van der Waals surface area contributed by atoms with Crippen molar-refractivity contribution in [3.8, 4) is 0 Å². The highest BCUT2D eigenvalue weighted by molar-refractivity contribution is 5.98. The molecule has 116 valence electrons. The number of carbonyl (C=O) groups excluding carboxylic acids is 2. The standard InChI is InChI=1S/C16H24N2O3/c1-6-16(7-2)15(20)18(9-14(19)17-16)11(4)13-8-10(3)21-12(13)5/h8,11H,6-7,9H2,1-5H3,(H,17,19). The lowest BCUT2D eigenvalue weighted by molar-refractivity contribution is -0.152. The Bertz CT molecular complexity index is 558. The van der Waals surface area contributed by atoms with E-state index in [1.54, 1.807) is 4.90 Å². The molecule has 0 radical (unpaired) electrons. The van der Waals surface area contributed by atoms with Crippen molar-refractivity contribution >= 4 is 11.8 Å². The van der Waals surface area contributed by atoms with Gasteiger partial charge in [-0.25, -0.2) is 0 Å². The maximum Gasteiger partial charge on any atom is 0.249 e. The minimum Gasteiger partial charge on any atom is -0.466 e. The summed E-state index contributed by atoms with van der Waals surface area (Å²) in [6.07, 6.45) is 1.20. The highest BCUT2D eigenvalue weighted by Gasteiger charge is 2.45. The zero-order valence-corrected chi connectivity index (χ0v) is 13.4. The fourth-order valence-corrected chi connectivity index (χ4v) is 3.14. The van der Waals surface area contributed by atoms with Gasteiger partial charge in [0.2, 0.25) is 11.8 Å². The maximum absolute atomic E-state index is 12.9. The van der Waals surface area contributed by atoms with Gasteiger partial charge in [-0.1, -0.05) is 13.8 Å². The number of nitrogens with one attached hydrogen (secondary N) is 1. The van der Waals surface area contributed by atoms with E-state index in [2.05, 4.69) is 5.32 Å². The third kappa shape index (κ3) is 2.57. The first-order chi connectivity index (χ1) is 9.84. The fraction of sp³-hybridized carbons (Fsp3) is 0.625. The van der Waals surface area contributed by atoms with Crippen LogP contribution in [0, 0.1) is 13.8 Å². The number of aryl methyl sites for hydroxylation is 2. The lowest BCUT2D eigenvalue weighted by Gasteiger charge is -2.43. The molecule has 1 atom stereocenters. The summed E-state index contributed by atoms with van der Waals surface area (Å²) in [6, 6.07) is 1.78. The molecule has 1 aliphatic rings. The number of nitrogens with zero attached hydrogens (tertiary/aromatic N) is 1. The predicted molar refractivity (Wildman–Crippen MR) is 79.8 cm³/mol. The molecule has 0 saturated carbocycles. The Morgan fingerprint density at radius 3 is 2.43 bits per heavy atom. The van der Waals surface area contributed by atoms with Gasteiger partial charge in [0.25, 0.3) is 0 Å². The summed E-state index contributed by atoms with van der Waals surface area (Å²) in [5.41, 5.74) is 0.202. The molecule has 0 spiro atoms. The van der Waals surface area contributed by atoms with Crippen LogP contribution in [0.25, 0.3) is 0 Å². The van der Waals surface area contributed by atoms with E-state index in [0.29, 0.717) is 12.8 Å². The Labute approximate surface area is 125 Å². The van der Waals surface area contributed by atoms with Gasteiger partial charge in [0, 0.05) is 5.56 Å². The Balaban J connectivity index is 2.35. The molecule has 1 unspecified atom stereocenters. The van der Waals surface area contributed by atoms with Crippen LogP contribution in [0.3, 0.4) is 0 Å². The van der Waals surface area contributed by atoms with Gasteiger partial charge in [-0.3, -0.25) is 9.59 Å². The second kappa shape index (κ2) is 5.54.